The summed E-state index contributed by atoms with van der Waals surface area (Å²) >= 11 is 3.28. The van der Waals surface area contributed by atoms with Crippen molar-refractivity contribution in [1.29, 1.82) is 0 Å². The SMILES string of the molecule is Fc1ccc(CN2CCNC(C3CCCCC3)C2)cc1Br. The van der Waals surface area contributed by atoms with E-state index >= 15 is 0 Å². The first-order valence-electron chi connectivity index (χ1n) is 8.12. The number of hydrogen-bond acceptors (Lipinski definition) is 2. The van der Waals surface area contributed by atoms with Crippen LogP contribution in [0.25, 0.3) is 0 Å². The van der Waals surface area contributed by atoms with Gasteiger partial charge < -0.3 is 5.32 Å². The third kappa shape index (κ3) is 4.05. The zero-order chi connectivity index (χ0) is 14.7. The van der Waals surface area contributed by atoms with Crippen LogP contribution in [0.3, 0.4) is 0 Å². The fourth-order valence-electron chi connectivity index (χ4n) is 3.73. The Kier molecular flexibility index (Phi) is 5.30. The molecule has 2 nitrogen and oxygen atoms in total. The van der Waals surface area contributed by atoms with Gasteiger partial charge in [-0.15, -0.1) is 0 Å². The minimum absolute atomic E-state index is 0.181. The second kappa shape index (κ2) is 7.21. The first kappa shape index (κ1) is 15.4. The molecule has 2 fully saturated rings. The number of nitrogens with zero attached hydrogens (tertiary/aromatic N) is 1. The molecule has 21 heavy (non-hydrogen) atoms. The molecule has 0 spiro atoms. The van der Waals surface area contributed by atoms with E-state index in [0.717, 1.165) is 32.1 Å². The van der Waals surface area contributed by atoms with Crippen LogP contribution in [-0.4, -0.2) is 30.6 Å². The van der Waals surface area contributed by atoms with E-state index in [1.54, 1.807) is 6.07 Å². The van der Waals surface area contributed by atoms with Crippen molar-refractivity contribution in [3.8, 4) is 0 Å². The molecule has 0 bridgehead atoms. The van der Waals surface area contributed by atoms with Gasteiger partial charge in [-0.25, -0.2) is 4.39 Å². The summed E-state index contributed by atoms with van der Waals surface area (Å²) in [6, 6.07) is 6.01. The molecule has 116 valence electrons. The molecule has 1 atom stereocenters. The molecule has 1 aromatic carbocycles. The van der Waals surface area contributed by atoms with E-state index in [4.69, 9.17) is 0 Å². The monoisotopic (exact) mass is 354 g/mol. The van der Waals surface area contributed by atoms with E-state index in [1.165, 1.54) is 37.7 Å². The molecule has 1 saturated heterocycles. The van der Waals surface area contributed by atoms with Crippen LogP contribution in [0.15, 0.2) is 22.7 Å². The van der Waals surface area contributed by atoms with Gasteiger partial charge in [0, 0.05) is 32.2 Å². The second-order valence-corrected chi connectivity index (χ2v) is 7.30. The average molecular weight is 355 g/mol. The Labute approximate surface area is 135 Å². The lowest BCUT2D eigenvalue weighted by molar-refractivity contribution is 0.141. The van der Waals surface area contributed by atoms with Crippen LogP contribution in [0.4, 0.5) is 4.39 Å². The van der Waals surface area contributed by atoms with Crippen molar-refractivity contribution in [2.75, 3.05) is 19.6 Å². The molecule has 1 heterocycles. The Morgan fingerprint density at radius 2 is 2.05 bits per heavy atom. The van der Waals surface area contributed by atoms with Crippen molar-refractivity contribution in [3.63, 3.8) is 0 Å². The van der Waals surface area contributed by atoms with E-state index in [9.17, 15) is 4.39 Å². The molecule has 2 aliphatic rings. The lowest BCUT2D eigenvalue weighted by Gasteiger charge is -2.39. The van der Waals surface area contributed by atoms with E-state index in [1.807, 2.05) is 12.1 Å². The fraction of sp³-hybridized carbons (Fsp3) is 0.647. The summed E-state index contributed by atoms with van der Waals surface area (Å²) in [6.45, 7) is 4.20. The first-order valence-corrected chi connectivity index (χ1v) is 8.91. The highest BCUT2D eigenvalue weighted by atomic mass is 79.9. The number of piperazine rings is 1. The standard InChI is InChI=1S/C17H24BrFN2/c18-15-10-13(6-7-16(15)19)11-21-9-8-20-17(12-21)14-4-2-1-3-5-14/h6-7,10,14,17,20H,1-5,8-9,11-12H2. The smallest absolute Gasteiger partial charge is 0.137 e. The Morgan fingerprint density at radius 3 is 2.81 bits per heavy atom. The number of halogens is 2. The highest BCUT2D eigenvalue weighted by molar-refractivity contribution is 9.10. The van der Waals surface area contributed by atoms with Crippen LogP contribution in [0.1, 0.15) is 37.7 Å². The van der Waals surface area contributed by atoms with Crippen LogP contribution in [0, 0.1) is 11.7 Å². The zero-order valence-electron chi connectivity index (χ0n) is 12.5. The quantitative estimate of drug-likeness (QED) is 0.884. The number of benzene rings is 1. The van der Waals surface area contributed by atoms with Crippen molar-refractivity contribution in [1.82, 2.24) is 10.2 Å². The predicted molar refractivity (Wildman–Crippen MR) is 87.7 cm³/mol. The van der Waals surface area contributed by atoms with Crippen molar-refractivity contribution in [3.05, 3.63) is 34.1 Å². The van der Waals surface area contributed by atoms with Gasteiger partial charge >= 0.3 is 0 Å². The van der Waals surface area contributed by atoms with Gasteiger partial charge in [0.2, 0.25) is 0 Å². The number of hydrogen-bond donors (Lipinski definition) is 1. The normalized spacial score (nSPS) is 25.1. The van der Waals surface area contributed by atoms with Crippen LogP contribution in [-0.2, 0) is 6.54 Å². The van der Waals surface area contributed by atoms with Crippen LogP contribution < -0.4 is 5.32 Å². The van der Waals surface area contributed by atoms with Crippen LogP contribution in [0.2, 0.25) is 0 Å². The maximum Gasteiger partial charge on any atom is 0.137 e. The molecule has 3 rings (SSSR count). The number of rotatable bonds is 3. The summed E-state index contributed by atoms with van der Waals surface area (Å²) in [4.78, 5) is 2.51. The predicted octanol–water partition coefficient (Wildman–Crippen LogP) is 3.94. The molecule has 0 aromatic heterocycles. The van der Waals surface area contributed by atoms with E-state index in [0.29, 0.717) is 10.5 Å². The average Bonchev–Trinajstić information content (AvgIpc) is 2.52. The largest absolute Gasteiger partial charge is 0.311 e. The summed E-state index contributed by atoms with van der Waals surface area (Å²) in [6.07, 6.45) is 6.97. The summed E-state index contributed by atoms with van der Waals surface area (Å²) < 4.78 is 13.9. The fourth-order valence-corrected chi connectivity index (χ4v) is 4.16. The Bertz CT molecular complexity index is 474. The van der Waals surface area contributed by atoms with Gasteiger partial charge in [0.1, 0.15) is 5.82 Å². The second-order valence-electron chi connectivity index (χ2n) is 6.44. The minimum Gasteiger partial charge on any atom is -0.311 e. The Morgan fingerprint density at radius 1 is 1.24 bits per heavy atom. The summed E-state index contributed by atoms with van der Waals surface area (Å²) in [7, 11) is 0. The summed E-state index contributed by atoms with van der Waals surface area (Å²) in [5.41, 5.74) is 1.19. The van der Waals surface area contributed by atoms with Gasteiger partial charge in [-0.2, -0.15) is 0 Å². The highest BCUT2D eigenvalue weighted by Gasteiger charge is 2.27. The lowest BCUT2D eigenvalue weighted by Crippen LogP contribution is -2.53. The molecule has 0 amide bonds. The summed E-state index contributed by atoms with van der Waals surface area (Å²) in [5, 5.41) is 3.71. The highest BCUT2D eigenvalue weighted by Crippen LogP contribution is 2.28. The molecule has 4 heteroatoms. The van der Waals surface area contributed by atoms with Gasteiger partial charge in [0.15, 0.2) is 0 Å². The molecule has 1 aliphatic heterocycles. The Balaban J connectivity index is 1.59. The van der Waals surface area contributed by atoms with Crippen LogP contribution >= 0.6 is 15.9 Å². The Hall–Kier alpha value is -0.450. The molecule has 1 aromatic rings. The van der Waals surface area contributed by atoms with E-state index in [-0.39, 0.29) is 5.82 Å². The van der Waals surface area contributed by atoms with Crippen molar-refractivity contribution in [2.24, 2.45) is 5.92 Å². The lowest BCUT2D eigenvalue weighted by atomic mass is 9.83. The minimum atomic E-state index is -0.181. The van der Waals surface area contributed by atoms with Crippen molar-refractivity contribution < 1.29 is 4.39 Å². The molecule has 0 radical (unpaired) electrons. The topological polar surface area (TPSA) is 15.3 Å². The number of nitrogens with one attached hydrogen (secondary N) is 1. The van der Waals surface area contributed by atoms with E-state index in [2.05, 4.69) is 26.1 Å². The molecular weight excluding hydrogens is 331 g/mol. The molecule has 1 saturated carbocycles. The maximum absolute atomic E-state index is 13.3. The van der Waals surface area contributed by atoms with Crippen LogP contribution in [0.5, 0.6) is 0 Å². The van der Waals surface area contributed by atoms with Crippen molar-refractivity contribution in [2.45, 2.75) is 44.7 Å². The van der Waals surface area contributed by atoms with Crippen molar-refractivity contribution >= 4 is 15.9 Å². The maximum atomic E-state index is 13.3. The summed E-state index contributed by atoms with van der Waals surface area (Å²) in [5.74, 6) is 0.667. The molecular formula is C17H24BrFN2. The third-order valence-corrected chi connectivity index (χ3v) is 5.51. The van der Waals surface area contributed by atoms with Gasteiger partial charge in [-0.05, 0) is 52.4 Å². The molecule has 1 unspecified atom stereocenters. The third-order valence-electron chi connectivity index (χ3n) is 4.90. The van der Waals surface area contributed by atoms with Gasteiger partial charge in [-0.1, -0.05) is 25.3 Å². The van der Waals surface area contributed by atoms with Gasteiger partial charge in [0.05, 0.1) is 4.47 Å². The van der Waals surface area contributed by atoms with Gasteiger partial charge in [-0.3, -0.25) is 4.90 Å². The molecule has 1 aliphatic carbocycles. The molecule has 1 N–H and O–H groups in total. The first-order chi connectivity index (χ1) is 10.2. The van der Waals surface area contributed by atoms with Gasteiger partial charge in [0.25, 0.3) is 0 Å². The zero-order valence-corrected chi connectivity index (χ0v) is 14.0. The van der Waals surface area contributed by atoms with E-state index < -0.39 is 0 Å².